The fourth-order valence-corrected chi connectivity index (χ4v) is 3.31. The van der Waals surface area contributed by atoms with Gasteiger partial charge in [0.15, 0.2) is 0 Å². The third-order valence-corrected chi connectivity index (χ3v) is 4.46. The highest BCUT2D eigenvalue weighted by Crippen LogP contribution is 2.34. The van der Waals surface area contributed by atoms with Crippen LogP contribution >= 0.6 is 46.4 Å². The van der Waals surface area contributed by atoms with Gasteiger partial charge < -0.3 is 10.2 Å². The van der Waals surface area contributed by atoms with Crippen LogP contribution < -0.4 is 0 Å². The number of nitrogens with zero attached hydrogens (tertiary/aromatic N) is 1. The molecular weight excluding hydrogens is 380 g/mol. The van der Waals surface area contributed by atoms with Gasteiger partial charge in [0.25, 0.3) is 0 Å². The van der Waals surface area contributed by atoms with Crippen molar-refractivity contribution in [1.29, 1.82) is 0 Å². The molecule has 124 valence electrons. The normalized spacial score (nSPS) is 11.2. The second-order valence-electron chi connectivity index (χ2n) is 5.09. The van der Waals surface area contributed by atoms with Crippen molar-refractivity contribution in [2.45, 2.75) is 20.0 Å². The lowest BCUT2D eigenvalue weighted by atomic mass is 10.1. The Balaban J connectivity index is 2.25. The molecule has 0 atom stereocenters. The van der Waals surface area contributed by atoms with Gasteiger partial charge in [-0.1, -0.05) is 53.3 Å². The SMILES string of the molecule is CCN(Cc1cc(Cl)cc(Cl)c1O)Cc1cc(Cl)cc(Cl)c1O. The van der Waals surface area contributed by atoms with E-state index in [1.165, 1.54) is 12.1 Å². The quantitative estimate of drug-likeness (QED) is 0.680. The lowest BCUT2D eigenvalue weighted by Gasteiger charge is -2.22. The van der Waals surface area contributed by atoms with E-state index in [2.05, 4.69) is 0 Å². The molecular formula is C16H15Cl4NO2. The number of hydrogen-bond acceptors (Lipinski definition) is 3. The molecule has 0 fully saturated rings. The maximum absolute atomic E-state index is 10.1. The molecule has 2 aromatic carbocycles. The van der Waals surface area contributed by atoms with Gasteiger partial charge in [0.1, 0.15) is 11.5 Å². The first-order valence-corrected chi connectivity index (χ1v) is 8.39. The Bertz CT molecular complexity index is 662. The van der Waals surface area contributed by atoms with Crippen molar-refractivity contribution >= 4 is 46.4 Å². The summed E-state index contributed by atoms with van der Waals surface area (Å²) in [7, 11) is 0. The third-order valence-electron chi connectivity index (χ3n) is 3.45. The van der Waals surface area contributed by atoms with Crippen molar-refractivity contribution in [3.63, 3.8) is 0 Å². The molecule has 2 N–H and O–H groups in total. The number of hydrogen-bond donors (Lipinski definition) is 2. The van der Waals surface area contributed by atoms with Crippen LogP contribution in [0, 0.1) is 0 Å². The van der Waals surface area contributed by atoms with Crippen LogP contribution in [0.3, 0.4) is 0 Å². The van der Waals surface area contributed by atoms with Gasteiger partial charge in [0.05, 0.1) is 10.0 Å². The van der Waals surface area contributed by atoms with Crippen molar-refractivity contribution < 1.29 is 10.2 Å². The van der Waals surface area contributed by atoms with E-state index in [1.807, 2.05) is 11.8 Å². The smallest absolute Gasteiger partial charge is 0.138 e. The van der Waals surface area contributed by atoms with Gasteiger partial charge in [-0.3, -0.25) is 4.90 Å². The summed E-state index contributed by atoms with van der Waals surface area (Å²) in [5.41, 5.74) is 1.22. The molecule has 0 aromatic heterocycles. The molecule has 0 amide bonds. The molecule has 2 rings (SSSR count). The molecule has 0 bridgehead atoms. The highest BCUT2D eigenvalue weighted by molar-refractivity contribution is 6.36. The van der Waals surface area contributed by atoms with E-state index in [-0.39, 0.29) is 21.5 Å². The standard InChI is InChI=1S/C16H15Cl4NO2/c1-2-21(7-9-3-11(17)5-13(19)15(9)22)8-10-4-12(18)6-14(20)16(10)23/h3-6,22-23H,2,7-8H2,1H3. The fraction of sp³-hybridized carbons (Fsp3) is 0.250. The maximum atomic E-state index is 10.1. The van der Waals surface area contributed by atoms with Gasteiger partial charge >= 0.3 is 0 Å². The number of benzene rings is 2. The van der Waals surface area contributed by atoms with Gasteiger partial charge in [0.2, 0.25) is 0 Å². The molecule has 0 aliphatic carbocycles. The zero-order valence-electron chi connectivity index (χ0n) is 12.3. The molecule has 0 unspecified atom stereocenters. The fourth-order valence-electron chi connectivity index (χ4n) is 2.24. The van der Waals surface area contributed by atoms with Crippen molar-refractivity contribution in [2.75, 3.05) is 6.54 Å². The van der Waals surface area contributed by atoms with Crippen LogP contribution in [-0.2, 0) is 13.1 Å². The van der Waals surface area contributed by atoms with Crippen LogP contribution in [0.15, 0.2) is 24.3 Å². The van der Waals surface area contributed by atoms with Crippen molar-refractivity contribution in [1.82, 2.24) is 4.90 Å². The highest BCUT2D eigenvalue weighted by atomic mass is 35.5. The molecule has 3 nitrogen and oxygen atoms in total. The second-order valence-corrected chi connectivity index (χ2v) is 6.78. The van der Waals surface area contributed by atoms with E-state index < -0.39 is 0 Å². The molecule has 23 heavy (non-hydrogen) atoms. The Labute approximate surface area is 155 Å². The summed E-state index contributed by atoms with van der Waals surface area (Å²) >= 11 is 23.9. The summed E-state index contributed by atoms with van der Waals surface area (Å²) < 4.78 is 0. The highest BCUT2D eigenvalue weighted by Gasteiger charge is 2.15. The first-order chi connectivity index (χ1) is 10.8. The van der Waals surface area contributed by atoms with Gasteiger partial charge in [-0.2, -0.15) is 0 Å². The monoisotopic (exact) mass is 393 g/mol. The lowest BCUT2D eigenvalue weighted by Crippen LogP contribution is -2.22. The summed E-state index contributed by atoms with van der Waals surface area (Å²) in [4.78, 5) is 1.99. The zero-order valence-corrected chi connectivity index (χ0v) is 15.3. The van der Waals surface area contributed by atoms with Crippen LogP contribution in [0.5, 0.6) is 11.5 Å². The predicted molar refractivity (Wildman–Crippen MR) is 96.0 cm³/mol. The van der Waals surface area contributed by atoms with Crippen LogP contribution in [0.2, 0.25) is 20.1 Å². The van der Waals surface area contributed by atoms with E-state index in [4.69, 9.17) is 46.4 Å². The minimum atomic E-state index is 0.00265. The number of aromatic hydroxyl groups is 2. The first-order valence-electron chi connectivity index (χ1n) is 6.88. The summed E-state index contributed by atoms with van der Waals surface area (Å²) in [6, 6.07) is 6.30. The Morgan fingerprint density at radius 3 is 1.52 bits per heavy atom. The van der Waals surface area contributed by atoms with Gasteiger partial charge in [-0.25, -0.2) is 0 Å². The van der Waals surface area contributed by atoms with E-state index in [1.54, 1.807) is 12.1 Å². The van der Waals surface area contributed by atoms with Gasteiger partial charge in [-0.05, 0) is 30.8 Å². The first kappa shape index (κ1) is 18.5. The summed E-state index contributed by atoms with van der Waals surface area (Å²) in [5.74, 6) is 0.00531. The van der Waals surface area contributed by atoms with Gasteiger partial charge in [0, 0.05) is 34.3 Å². The summed E-state index contributed by atoms with van der Waals surface area (Å²) in [5, 5.41) is 21.4. The molecule has 0 aliphatic rings. The number of phenols is 2. The van der Waals surface area contributed by atoms with E-state index in [9.17, 15) is 10.2 Å². The lowest BCUT2D eigenvalue weighted by molar-refractivity contribution is 0.263. The number of halogens is 4. The minimum Gasteiger partial charge on any atom is -0.506 e. The molecule has 0 saturated carbocycles. The van der Waals surface area contributed by atoms with E-state index in [0.29, 0.717) is 40.8 Å². The van der Waals surface area contributed by atoms with Gasteiger partial charge in [-0.15, -0.1) is 0 Å². The molecule has 7 heteroatoms. The van der Waals surface area contributed by atoms with E-state index in [0.717, 1.165) is 0 Å². The Kier molecular flexibility index (Phi) is 6.29. The predicted octanol–water partition coefficient (Wildman–Crippen LogP) is 5.73. The third kappa shape index (κ3) is 4.59. The molecule has 0 spiro atoms. The van der Waals surface area contributed by atoms with Crippen molar-refractivity contribution in [3.05, 3.63) is 55.5 Å². The average molecular weight is 395 g/mol. The number of rotatable bonds is 5. The second kappa shape index (κ2) is 7.82. The summed E-state index contributed by atoms with van der Waals surface area (Å²) in [6.45, 7) is 3.46. The van der Waals surface area contributed by atoms with E-state index >= 15 is 0 Å². The van der Waals surface area contributed by atoms with Crippen LogP contribution in [0.1, 0.15) is 18.1 Å². The largest absolute Gasteiger partial charge is 0.506 e. The molecule has 0 aliphatic heterocycles. The van der Waals surface area contributed by atoms with Crippen molar-refractivity contribution in [2.24, 2.45) is 0 Å². The molecule has 0 saturated heterocycles. The molecule has 0 heterocycles. The maximum Gasteiger partial charge on any atom is 0.138 e. The Hall–Kier alpha value is -0.840. The molecule has 0 radical (unpaired) electrons. The summed E-state index contributed by atoms with van der Waals surface area (Å²) in [6.07, 6.45) is 0. The Morgan fingerprint density at radius 1 is 0.783 bits per heavy atom. The molecule has 2 aromatic rings. The van der Waals surface area contributed by atoms with Crippen LogP contribution in [0.25, 0.3) is 0 Å². The van der Waals surface area contributed by atoms with Crippen molar-refractivity contribution in [3.8, 4) is 11.5 Å². The number of phenolic OH excluding ortho intramolecular Hbond substituents is 2. The topological polar surface area (TPSA) is 43.7 Å². The Morgan fingerprint density at radius 2 is 1.17 bits per heavy atom. The zero-order chi connectivity index (χ0) is 17.1. The van der Waals surface area contributed by atoms with Crippen LogP contribution in [0.4, 0.5) is 0 Å². The van der Waals surface area contributed by atoms with Crippen LogP contribution in [-0.4, -0.2) is 21.7 Å². The minimum absolute atomic E-state index is 0.00265. The average Bonchev–Trinajstić information content (AvgIpc) is 2.48.